The number of ether oxygens (including phenoxy) is 1. The lowest BCUT2D eigenvalue weighted by Crippen LogP contribution is -2.19. The highest BCUT2D eigenvalue weighted by molar-refractivity contribution is 7.84. The number of aliphatic carboxylic acids is 1. The quantitative estimate of drug-likeness (QED) is 0.793. The number of benzene rings is 1. The molecule has 0 bridgehead atoms. The SMILES string of the molecule is O=C(O)C1=CNC=C(C(=O)OC[S@@](=O)c2ccccc2)C1. The van der Waals surface area contributed by atoms with Crippen LogP contribution in [-0.4, -0.2) is 27.2 Å². The number of rotatable bonds is 5. The van der Waals surface area contributed by atoms with Crippen molar-refractivity contribution in [1.29, 1.82) is 0 Å². The number of esters is 1. The predicted octanol–water partition coefficient (Wildman–Crippen LogP) is 1.14. The molecule has 0 unspecified atom stereocenters. The van der Waals surface area contributed by atoms with E-state index in [-0.39, 0.29) is 23.5 Å². The number of carboxylic acids is 1. The summed E-state index contributed by atoms with van der Waals surface area (Å²) in [6.07, 6.45) is 2.65. The molecule has 110 valence electrons. The Hall–Kier alpha value is -2.41. The van der Waals surface area contributed by atoms with Crippen LogP contribution < -0.4 is 5.32 Å². The zero-order valence-electron chi connectivity index (χ0n) is 10.9. The molecule has 1 aliphatic rings. The molecule has 0 aliphatic carbocycles. The Morgan fingerprint density at radius 2 is 1.86 bits per heavy atom. The summed E-state index contributed by atoms with van der Waals surface area (Å²) in [6, 6.07) is 8.64. The van der Waals surface area contributed by atoms with Crippen molar-refractivity contribution in [3.05, 3.63) is 53.9 Å². The monoisotopic (exact) mass is 307 g/mol. The predicted molar refractivity (Wildman–Crippen MR) is 75.4 cm³/mol. The van der Waals surface area contributed by atoms with E-state index in [1.165, 1.54) is 12.4 Å². The van der Waals surface area contributed by atoms with E-state index < -0.39 is 22.7 Å². The largest absolute Gasteiger partial charge is 0.478 e. The molecule has 0 saturated carbocycles. The van der Waals surface area contributed by atoms with Gasteiger partial charge >= 0.3 is 11.9 Å². The Balaban J connectivity index is 1.90. The summed E-state index contributed by atoms with van der Waals surface area (Å²) in [5.41, 5.74) is 0.244. The molecule has 1 aromatic carbocycles. The number of carbonyl (C=O) groups is 2. The van der Waals surface area contributed by atoms with E-state index in [0.29, 0.717) is 4.90 Å². The molecule has 1 aromatic rings. The fourth-order valence-corrected chi connectivity index (χ4v) is 2.47. The van der Waals surface area contributed by atoms with E-state index in [0.717, 1.165) is 0 Å². The van der Waals surface area contributed by atoms with Crippen LogP contribution in [0.25, 0.3) is 0 Å². The van der Waals surface area contributed by atoms with E-state index in [1.807, 2.05) is 0 Å². The summed E-state index contributed by atoms with van der Waals surface area (Å²) in [6.45, 7) is 0. The highest BCUT2D eigenvalue weighted by Gasteiger charge is 2.20. The van der Waals surface area contributed by atoms with Crippen LogP contribution in [0.4, 0.5) is 0 Å². The average molecular weight is 307 g/mol. The first kappa shape index (κ1) is 15.0. The fraction of sp³-hybridized carbons (Fsp3) is 0.143. The van der Waals surface area contributed by atoms with Gasteiger partial charge in [-0.2, -0.15) is 0 Å². The first-order valence-corrected chi connectivity index (χ1v) is 7.38. The number of nitrogens with one attached hydrogen (secondary N) is 1. The summed E-state index contributed by atoms with van der Waals surface area (Å²) in [4.78, 5) is 23.2. The third-order valence-electron chi connectivity index (χ3n) is 2.74. The van der Waals surface area contributed by atoms with E-state index in [4.69, 9.17) is 9.84 Å². The Bertz CT molecular complexity index is 636. The number of carbonyl (C=O) groups excluding carboxylic acids is 1. The fourth-order valence-electron chi connectivity index (χ4n) is 1.66. The number of carboxylic acid groups (broad SMARTS) is 1. The lowest BCUT2D eigenvalue weighted by molar-refractivity contribution is -0.137. The van der Waals surface area contributed by atoms with Crippen molar-refractivity contribution in [1.82, 2.24) is 5.32 Å². The Kier molecular flexibility index (Phi) is 4.89. The topological polar surface area (TPSA) is 92.7 Å². The smallest absolute Gasteiger partial charge is 0.336 e. The molecule has 21 heavy (non-hydrogen) atoms. The van der Waals surface area contributed by atoms with E-state index in [2.05, 4.69) is 5.32 Å². The summed E-state index contributed by atoms with van der Waals surface area (Å²) >= 11 is 0. The van der Waals surface area contributed by atoms with Crippen LogP contribution >= 0.6 is 0 Å². The van der Waals surface area contributed by atoms with Crippen molar-refractivity contribution < 1.29 is 23.6 Å². The molecule has 0 fully saturated rings. The summed E-state index contributed by atoms with van der Waals surface area (Å²) in [5, 5.41) is 11.5. The molecule has 0 radical (unpaired) electrons. The standard InChI is InChI=1S/C14H13NO5S/c16-13(17)10-6-11(8-15-7-10)14(18)20-9-21(19)12-4-2-1-3-5-12/h1-5,7-8,15H,6,9H2,(H,16,17)/t21-/m1/s1. The maximum absolute atomic E-state index is 11.9. The lowest BCUT2D eigenvalue weighted by atomic mass is 10.1. The first-order valence-electron chi connectivity index (χ1n) is 6.06. The Morgan fingerprint density at radius 1 is 1.19 bits per heavy atom. The summed E-state index contributed by atoms with van der Waals surface area (Å²) in [5.74, 6) is -2.06. The van der Waals surface area contributed by atoms with Crippen molar-refractivity contribution in [2.24, 2.45) is 0 Å². The molecule has 1 atom stereocenters. The first-order chi connectivity index (χ1) is 10.1. The molecule has 0 amide bonds. The van der Waals surface area contributed by atoms with Crippen LogP contribution in [0.1, 0.15) is 6.42 Å². The van der Waals surface area contributed by atoms with Crippen LogP contribution in [0.2, 0.25) is 0 Å². The molecule has 2 N–H and O–H groups in total. The minimum Gasteiger partial charge on any atom is -0.478 e. The van der Waals surface area contributed by atoms with Gasteiger partial charge in [-0.15, -0.1) is 0 Å². The van der Waals surface area contributed by atoms with Gasteiger partial charge in [0, 0.05) is 23.7 Å². The van der Waals surface area contributed by atoms with Gasteiger partial charge in [0.25, 0.3) is 0 Å². The van der Waals surface area contributed by atoms with Crippen LogP contribution in [0.15, 0.2) is 58.8 Å². The van der Waals surface area contributed by atoms with Crippen molar-refractivity contribution in [2.45, 2.75) is 11.3 Å². The second-order valence-corrected chi connectivity index (χ2v) is 5.59. The minimum absolute atomic E-state index is 0.0286. The van der Waals surface area contributed by atoms with Gasteiger partial charge in [0.2, 0.25) is 0 Å². The number of dihydropyridines is 1. The minimum atomic E-state index is -1.45. The summed E-state index contributed by atoms with van der Waals surface area (Å²) < 4.78 is 16.9. The highest BCUT2D eigenvalue weighted by atomic mass is 32.2. The Labute approximate surface area is 123 Å². The Morgan fingerprint density at radius 3 is 2.52 bits per heavy atom. The molecule has 7 heteroatoms. The van der Waals surface area contributed by atoms with Crippen LogP contribution in [0.3, 0.4) is 0 Å². The molecule has 2 rings (SSSR count). The molecule has 0 saturated heterocycles. The van der Waals surface area contributed by atoms with Gasteiger partial charge in [-0.25, -0.2) is 9.59 Å². The number of hydrogen-bond acceptors (Lipinski definition) is 5. The highest BCUT2D eigenvalue weighted by Crippen LogP contribution is 2.16. The van der Waals surface area contributed by atoms with Gasteiger partial charge in [-0.3, -0.25) is 4.21 Å². The van der Waals surface area contributed by atoms with Gasteiger partial charge in [-0.1, -0.05) is 18.2 Å². The van der Waals surface area contributed by atoms with Gasteiger partial charge in [0.15, 0.2) is 5.94 Å². The van der Waals surface area contributed by atoms with Gasteiger partial charge in [-0.05, 0) is 12.1 Å². The molecule has 0 spiro atoms. The third-order valence-corrected chi connectivity index (χ3v) is 3.87. The summed E-state index contributed by atoms with van der Waals surface area (Å²) in [7, 11) is -1.45. The molecular formula is C14H13NO5S. The molecule has 0 aromatic heterocycles. The maximum atomic E-state index is 11.9. The molecule has 1 heterocycles. The maximum Gasteiger partial charge on any atom is 0.336 e. The van der Waals surface area contributed by atoms with Crippen LogP contribution in [0, 0.1) is 0 Å². The van der Waals surface area contributed by atoms with E-state index in [1.54, 1.807) is 30.3 Å². The van der Waals surface area contributed by atoms with Gasteiger partial charge in [0.05, 0.1) is 21.9 Å². The second-order valence-electron chi connectivity index (χ2n) is 4.20. The molecule has 1 aliphatic heterocycles. The van der Waals surface area contributed by atoms with Crippen molar-refractivity contribution >= 4 is 22.7 Å². The zero-order chi connectivity index (χ0) is 15.2. The van der Waals surface area contributed by atoms with Gasteiger partial charge in [0.1, 0.15) is 0 Å². The third kappa shape index (κ3) is 4.03. The molecule has 6 nitrogen and oxygen atoms in total. The molecular weight excluding hydrogens is 294 g/mol. The van der Waals surface area contributed by atoms with Gasteiger partial charge < -0.3 is 15.2 Å². The van der Waals surface area contributed by atoms with E-state index >= 15 is 0 Å². The zero-order valence-corrected chi connectivity index (χ0v) is 11.8. The van der Waals surface area contributed by atoms with Crippen LogP contribution in [-0.2, 0) is 25.1 Å². The lowest BCUT2D eigenvalue weighted by Gasteiger charge is -2.12. The normalized spacial score (nSPS) is 15.2. The average Bonchev–Trinajstić information content (AvgIpc) is 2.53. The van der Waals surface area contributed by atoms with Crippen molar-refractivity contribution in [3.63, 3.8) is 0 Å². The second kappa shape index (κ2) is 6.85. The van der Waals surface area contributed by atoms with Crippen molar-refractivity contribution in [3.8, 4) is 0 Å². The van der Waals surface area contributed by atoms with Crippen molar-refractivity contribution in [2.75, 3.05) is 5.94 Å². The van der Waals surface area contributed by atoms with Crippen LogP contribution in [0.5, 0.6) is 0 Å². The van der Waals surface area contributed by atoms with E-state index in [9.17, 15) is 13.8 Å². The number of hydrogen-bond donors (Lipinski definition) is 2.